The molecule has 5 rings (SSSR count). The highest BCUT2D eigenvalue weighted by Gasteiger charge is 2.55. The van der Waals surface area contributed by atoms with Crippen molar-refractivity contribution in [3.8, 4) is 0 Å². The maximum atomic E-state index is 14.4. The third-order valence-electron chi connectivity index (χ3n) is 7.08. The van der Waals surface area contributed by atoms with Crippen LogP contribution in [0.25, 0.3) is 6.08 Å². The molecule has 1 fully saturated rings. The van der Waals surface area contributed by atoms with Gasteiger partial charge in [-0.1, -0.05) is 84.9 Å². The van der Waals surface area contributed by atoms with E-state index in [2.05, 4.69) is 0 Å². The van der Waals surface area contributed by atoms with Gasteiger partial charge in [-0.3, -0.25) is 9.59 Å². The second kappa shape index (κ2) is 9.79. The Kier molecular flexibility index (Phi) is 6.52. The van der Waals surface area contributed by atoms with Gasteiger partial charge in [-0.2, -0.15) is 5.10 Å². The van der Waals surface area contributed by atoms with Crippen LogP contribution in [0.1, 0.15) is 44.7 Å². The van der Waals surface area contributed by atoms with Crippen LogP contribution in [0.3, 0.4) is 0 Å². The van der Waals surface area contributed by atoms with Gasteiger partial charge in [-0.05, 0) is 50.1 Å². The first-order chi connectivity index (χ1) is 17.8. The predicted octanol–water partition coefficient (Wildman–Crippen LogP) is 5.68. The van der Waals surface area contributed by atoms with Crippen molar-refractivity contribution >= 4 is 29.3 Å². The quantitative estimate of drug-likeness (QED) is 0.416. The molecule has 1 saturated heterocycles. The number of imide groups is 1. The zero-order valence-electron chi connectivity index (χ0n) is 21.5. The van der Waals surface area contributed by atoms with Crippen LogP contribution in [0, 0.1) is 0 Å². The van der Waals surface area contributed by atoms with E-state index in [0.29, 0.717) is 13.0 Å². The number of benzene rings is 3. The van der Waals surface area contributed by atoms with Crippen molar-refractivity contribution in [3.05, 3.63) is 108 Å². The average molecular weight is 493 g/mol. The average Bonchev–Trinajstić information content (AvgIpc) is 3.36. The molecule has 37 heavy (non-hydrogen) atoms. The molecule has 2 aliphatic heterocycles. The highest BCUT2D eigenvalue weighted by atomic mass is 16.2. The lowest BCUT2D eigenvalue weighted by atomic mass is 9.93. The minimum absolute atomic E-state index is 0.187. The van der Waals surface area contributed by atoms with E-state index in [9.17, 15) is 9.59 Å². The molecule has 3 aromatic carbocycles. The summed E-state index contributed by atoms with van der Waals surface area (Å²) in [5.74, 6) is -0.455. The number of anilines is 1. The highest BCUT2D eigenvalue weighted by molar-refractivity contribution is 6.10. The van der Waals surface area contributed by atoms with Crippen LogP contribution in [0.2, 0.25) is 0 Å². The Morgan fingerprint density at radius 1 is 0.838 bits per heavy atom. The zero-order valence-corrected chi connectivity index (χ0v) is 21.5. The van der Waals surface area contributed by atoms with Crippen molar-refractivity contribution in [2.75, 3.05) is 5.01 Å². The smallest absolute Gasteiger partial charge is 0.272 e. The van der Waals surface area contributed by atoms with Crippen molar-refractivity contribution in [2.24, 2.45) is 5.10 Å². The van der Waals surface area contributed by atoms with E-state index in [0.717, 1.165) is 22.5 Å². The molecule has 6 nitrogen and oxygen atoms in total. The Balaban J connectivity index is 1.50. The van der Waals surface area contributed by atoms with E-state index in [4.69, 9.17) is 5.10 Å². The van der Waals surface area contributed by atoms with Gasteiger partial charge in [0, 0.05) is 24.9 Å². The van der Waals surface area contributed by atoms with E-state index in [1.807, 2.05) is 129 Å². The van der Waals surface area contributed by atoms with Crippen LogP contribution in [-0.2, 0) is 16.1 Å². The monoisotopic (exact) mass is 492 g/mol. The van der Waals surface area contributed by atoms with E-state index < -0.39 is 11.1 Å². The van der Waals surface area contributed by atoms with Gasteiger partial charge in [-0.25, -0.2) is 15.0 Å². The molecule has 0 bridgehead atoms. The number of hydrazone groups is 1. The molecule has 3 aromatic rings. The van der Waals surface area contributed by atoms with Crippen LogP contribution in [0.15, 0.2) is 102 Å². The summed E-state index contributed by atoms with van der Waals surface area (Å²) in [5, 5.41) is 9.95. The first-order valence-corrected chi connectivity index (χ1v) is 12.6. The number of nitrogens with zero attached hydrogens (tertiary/aromatic N) is 4. The van der Waals surface area contributed by atoms with Gasteiger partial charge in [0.15, 0.2) is 0 Å². The molecule has 2 amide bonds. The summed E-state index contributed by atoms with van der Waals surface area (Å²) < 4.78 is 0. The van der Waals surface area contributed by atoms with Crippen molar-refractivity contribution in [1.29, 1.82) is 0 Å². The summed E-state index contributed by atoms with van der Waals surface area (Å²) in [6.07, 6.45) is 4.62. The lowest BCUT2D eigenvalue weighted by molar-refractivity contribution is -0.164. The lowest BCUT2D eigenvalue weighted by Crippen LogP contribution is -2.60. The van der Waals surface area contributed by atoms with Crippen molar-refractivity contribution in [2.45, 2.75) is 51.2 Å². The standard InChI is InChI=1S/C31H32N4O2/c1-30(2)22-28(36)34(33(30)23-25-15-9-5-10-16-25)29(37)31(3)21-26(20-19-24-13-7-4-8-14-24)32-35(31)27-17-11-6-12-18-27/h4-20H,21-23H2,1-3H3/b20-19+/t31-/m1/s1. The molecule has 0 saturated carbocycles. The van der Waals surface area contributed by atoms with Gasteiger partial charge in [0.2, 0.25) is 5.91 Å². The zero-order chi connectivity index (χ0) is 26.0. The largest absolute Gasteiger partial charge is 0.273 e. The Labute approximate surface area is 218 Å². The van der Waals surface area contributed by atoms with Gasteiger partial charge in [0.25, 0.3) is 5.91 Å². The van der Waals surface area contributed by atoms with Crippen LogP contribution < -0.4 is 5.01 Å². The normalized spacial score (nSPS) is 21.6. The van der Waals surface area contributed by atoms with Crippen LogP contribution in [-0.4, -0.2) is 38.6 Å². The number of carbonyl (C=O) groups excluding carboxylic acids is 2. The number of carbonyl (C=O) groups is 2. The maximum Gasteiger partial charge on any atom is 0.272 e. The molecule has 0 unspecified atom stereocenters. The number of amides is 2. The third kappa shape index (κ3) is 4.85. The SMILES string of the molecule is CC1(C)CC(=O)N(C(=O)[C@@]2(C)CC(/C=C/c3ccccc3)=NN2c2ccccc2)N1Cc1ccccc1. The highest BCUT2D eigenvalue weighted by Crippen LogP contribution is 2.39. The first kappa shape index (κ1) is 24.7. The van der Waals surface area contributed by atoms with Crippen LogP contribution in [0.4, 0.5) is 5.69 Å². The number of hydrogen-bond acceptors (Lipinski definition) is 5. The molecule has 0 aliphatic carbocycles. The fourth-order valence-electron chi connectivity index (χ4n) is 5.06. The molecule has 6 heteroatoms. The summed E-state index contributed by atoms with van der Waals surface area (Å²) in [4.78, 5) is 27.8. The molecular formula is C31H32N4O2. The molecule has 0 radical (unpaired) electrons. The van der Waals surface area contributed by atoms with Crippen LogP contribution >= 0.6 is 0 Å². The van der Waals surface area contributed by atoms with E-state index in [1.54, 1.807) is 5.01 Å². The predicted molar refractivity (Wildman–Crippen MR) is 147 cm³/mol. The van der Waals surface area contributed by atoms with Gasteiger partial charge in [0.1, 0.15) is 5.54 Å². The summed E-state index contributed by atoms with van der Waals surface area (Å²) in [6, 6.07) is 29.6. The fraction of sp³-hybridized carbons (Fsp3) is 0.258. The second-order valence-electron chi connectivity index (χ2n) is 10.5. The number of hydrogen-bond donors (Lipinski definition) is 0. The molecule has 0 spiro atoms. The number of allylic oxidation sites excluding steroid dienone is 1. The first-order valence-electron chi connectivity index (χ1n) is 12.6. The molecule has 188 valence electrons. The summed E-state index contributed by atoms with van der Waals surface area (Å²) >= 11 is 0. The third-order valence-corrected chi connectivity index (χ3v) is 7.08. The van der Waals surface area contributed by atoms with Gasteiger partial charge in [-0.15, -0.1) is 0 Å². The van der Waals surface area contributed by atoms with Crippen molar-refractivity contribution in [3.63, 3.8) is 0 Å². The van der Waals surface area contributed by atoms with E-state index >= 15 is 0 Å². The maximum absolute atomic E-state index is 14.4. The summed E-state index contributed by atoms with van der Waals surface area (Å²) in [7, 11) is 0. The van der Waals surface area contributed by atoms with Crippen LogP contribution in [0.5, 0.6) is 0 Å². The molecule has 2 heterocycles. The fourth-order valence-corrected chi connectivity index (χ4v) is 5.06. The molecule has 1 atom stereocenters. The molecule has 2 aliphatic rings. The molecule has 0 N–H and O–H groups in total. The van der Waals surface area contributed by atoms with Gasteiger partial charge in [0.05, 0.1) is 11.4 Å². The minimum atomic E-state index is -1.07. The lowest BCUT2D eigenvalue weighted by Gasteiger charge is -2.41. The Morgan fingerprint density at radius 3 is 2.08 bits per heavy atom. The van der Waals surface area contributed by atoms with E-state index in [-0.39, 0.29) is 18.2 Å². The molecule has 0 aromatic heterocycles. The summed E-state index contributed by atoms with van der Waals surface area (Å²) in [6.45, 7) is 6.37. The summed E-state index contributed by atoms with van der Waals surface area (Å²) in [5.41, 5.74) is 2.13. The number of rotatable bonds is 6. The minimum Gasteiger partial charge on any atom is -0.273 e. The van der Waals surface area contributed by atoms with Crippen molar-refractivity contribution < 1.29 is 9.59 Å². The molecular weight excluding hydrogens is 460 g/mol. The number of para-hydroxylation sites is 1. The second-order valence-corrected chi connectivity index (χ2v) is 10.5. The van der Waals surface area contributed by atoms with Crippen molar-refractivity contribution in [1.82, 2.24) is 10.0 Å². The van der Waals surface area contributed by atoms with Gasteiger partial charge >= 0.3 is 0 Å². The van der Waals surface area contributed by atoms with E-state index in [1.165, 1.54) is 5.01 Å². The Hall–Kier alpha value is -4.03. The topological polar surface area (TPSA) is 56.2 Å². The number of hydrazine groups is 1. The van der Waals surface area contributed by atoms with Gasteiger partial charge < -0.3 is 0 Å². The Morgan fingerprint density at radius 2 is 1.43 bits per heavy atom. The Bertz CT molecular complexity index is 1340.